The molecule has 1 saturated heterocycles. The van der Waals surface area contributed by atoms with Crippen molar-refractivity contribution in [3.63, 3.8) is 0 Å². The van der Waals surface area contributed by atoms with Gasteiger partial charge in [-0.25, -0.2) is 4.39 Å². The van der Waals surface area contributed by atoms with Gasteiger partial charge in [-0.15, -0.1) is 0 Å². The predicted octanol–water partition coefficient (Wildman–Crippen LogP) is 6.97. The van der Waals surface area contributed by atoms with E-state index in [0.29, 0.717) is 42.9 Å². The van der Waals surface area contributed by atoms with Crippen molar-refractivity contribution >= 4 is 39.7 Å². The van der Waals surface area contributed by atoms with Gasteiger partial charge < -0.3 is 24.9 Å². The van der Waals surface area contributed by atoms with Crippen LogP contribution in [0.15, 0.2) is 76.8 Å². The lowest BCUT2D eigenvalue weighted by molar-refractivity contribution is -0.152. The average molecular weight is 761 g/mol. The zero-order valence-corrected chi connectivity index (χ0v) is 31.1. The van der Waals surface area contributed by atoms with Crippen LogP contribution in [0.3, 0.4) is 0 Å². The Kier molecular flexibility index (Phi) is 11.4. The molecule has 1 saturated carbocycles. The predicted molar refractivity (Wildman–Crippen MR) is 199 cm³/mol. The van der Waals surface area contributed by atoms with E-state index in [1.54, 1.807) is 19.9 Å². The van der Waals surface area contributed by atoms with E-state index >= 15 is 0 Å². The van der Waals surface area contributed by atoms with E-state index in [2.05, 4.69) is 69.5 Å². The second-order valence-electron chi connectivity index (χ2n) is 14.7. The normalized spacial score (nSPS) is 19.8. The quantitative estimate of drug-likeness (QED) is 0.128. The van der Waals surface area contributed by atoms with E-state index in [-0.39, 0.29) is 36.3 Å². The van der Waals surface area contributed by atoms with Gasteiger partial charge in [0.15, 0.2) is 0 Å². The minimum Gasteiger partial charge on any atom is -0.492 e. The molecule has 0 aromatic heterocycles. The fourth-order valence-corrected chi connectivity index (χ4v) is 7.95. The summed E-state index contributed by atoms with van der Waals surface area (Å²) in [4.78, 5) is 43.3. The summed E-state index contributed by atoms with van der Waals surface area (Å²) >= 11 is 3.41. The lowest BCUT2D eigenvalue weighted by Gasteiger charge is -2.49. The van der Waals surface area contributed by atoms with Gasteiger partial charge in [-0.3, -0.25) is 14.5 Å². The smallest absolute Gasteiger partial charge is 0.310 e. The third-order valence-electron chi connectivity index (χ3n) is 10.7. The highest BCUT2D eigenvalue weighted by atomic mass is 79.9. The maximum absolute atomic E-state index is 14.9. The molecule has 3 aliphatic rings. The molecule has 6 rings (SSSR count). The summed E-state index contributed by atoms with van der Waals surface area (Å²) in [6.45, 7) is 7.41. The van der Waals surface area contributed by atoms with Crippen LogP contribution in [0.1, 0.15) is 68.2 Å². The van der Waals surface area contributed by atoms with Gasteiger partial charge in [-0.1, -0.05) is 48.5 Å². The molecule has 2 fully saturated rings. The van der Waals surface area contributed by atoms with Crippen LogP contribution < -0.4 is 10.1 Å². The van der Waals surface area contributed by atoms with Crippen LogP contribution in [0.2, 0.25) is 0 Å². The highest BCUT2D eigenvalue weighted by Crippen LogP contribution is 2.39. The summed E-state index contributed by atoms with van der Waals surface area (Å²) in [5.41, 5.74) is 5.03. The molecule has 8 nitrogen and oxygen atoms in total. The fraction of sp³-hybridized carbons (Fsp3) is 0.439. The number of carboxylic acid groups (broad SMARTS) is 1. The van der Waals surface area contributed by atoms with E-state index < -0.39 is 17.4 Å². The number of halogens is 2. The van der Waals surface area contributed by atoms with Crippen LogP contribution in [0, 0.1) is 18.2 Å². The zero-order chi connectivity index (χ0) is 36.3. The molecule has 1 aliphatic carbocycles. The maximum atomic E-state index is 14.9. The Morgan fingerprint density at radius 2 is 1.86 bits per heavy atom. The zero-order valence-electron chi connectivity index (χ0n) is 29.5. The van der Waals surface area contributed by atoms with Crippen LogP contribution in [0.25, 0.3) is 5.57 Å². The molecule has 0 radical (unpaired) electrons. The Bertz CT molecular complexity index is 1790. The van der Waals surface area contributed by atoms with Crippen LogP contribution in [0.4, 0.5) is 4.39 Å². The van der Waals surface area contributed by atoms with Crippen molar-refractivity contribution in [1.82, 2.24) is 15.1 Å². The van der Waals surface area contributed by atoms with E-state index in [4.69, 9.17) is 4.74 Å². The molecule has 51 heavy (non-hydrogen) atoms. The molecule has 270 valence electrons. The standard InChI is InChI=1S/C41H47BrFN3O5/c1-26-7-4-5-9-29(26)23-46(32-15-16-32)39(48)38-33(22-31-24-45(25-35(38)44-31)37(18-19-47)41(2,3)40(49)50)28-12-10-27(11-13-28)8-6-20-51-36-21-30(43)14-17-34(36)42/h4-5,7,9-14,17,19,21,31-32,35,37,44H,6,8,15-16,18,20,22-25H2,1-3H3,(H,49,50)/t31-,35-,37?/m1/s1. The number of aliphatic carboxylic acids is 1. The summed E-state index contributed by atoms with van der Waals surface area (Å²) in [7, 11) is 0. The molecule has 2 bridgehead atoms. The average Bonchev–Trinajstić information content (AvgIpc) is 3.95. The Labute approximate surface area is 308 Å². The lowest BCUT2D eigenvalue weighted by Crippen LogP contribution is -2.65. The number of aryl methyl sites for hydroxylation is 2. The van der Waals surface area contributed by atoms with Crippen LogP contribution in [-0.2, 0) is 27.3 Å². The summed E-state index contributed by atoms with van der Waals surface area (Å²) in [6.07, 6.45) is 4.99. The lowest BCUT2D eigenvalue weighted by atomic mass is 9.78. The van der Waals surface area contributed by atoms with Crippen LogP contribution in [0.5, 0.6) is 5.75 Å². The molecule has 3 aromatic carbocycles. The minimum absolute atomic E-state index is 0.0150. The number of nitrogens with one attached hydrogen (secondary N) is 1. The van der Waals surface area contributed by atoms with Crippen molar-refractivity contribution in [2.24, 2.45) is 5.41 Å². The molecule has 2 N–H and O–H groups in total. The Hall–Kier alpha value is -3.86. The second-order valence-corrected chi connectivity index (χ2v) is 15.6. The maximum Gasteiger partial charge on any atom is 0.310 e. The second kappa shape index (κ2) is 15.8. The number of amides is 1. The monoisotopic (exact) mass is 759 g/mol. The number of ether oxygens (including phenoxy) is 1. The molecule has 1 amide bonds. The van der Waals surface area contributed by atoms with Gasteiger partial charge >= 0.3 is 5.97 Å². The van der Waals surface area contributed by atoms with Crippen LogP contribution in [-0.4, -0.2) is 76.9 Å². The molecule has 10 heteroatoms. The first kappa shape index (κ1) is 36.9. The summed E-state index contributed by atoms with van der Waals surface area (Å²) in [5, 5.41) is 13.8. The van der Waals surface area contributed by atoms with Gasteiger partial charge in [-0.2, -0.15) is 0 Å². The van der Waals surface area contributed by atoms with Gasteiger partial charge in [0.25, 0.3) is 5.91 Å². The van der Waals surface area contributed by atoms with Crippen molar-refractivity contribution in [2.45, 2.75) is 90.0 Å². The van der Waals surface area contributed by atoms with Gasteiger partial charge in [0, 0.05) is 55.8 Å². The number of benzene rings is 3. The number of carbonyl (C=O) groups is 3. The third kappa shape index (κ3) is 8.45. The van der Waals surface area contributed by atoms with E-state index in [0.717, 1.165) is 65.4 Å². The highest BCUT2D eigenvalue weighted by molar-refractivity contribution is 9.10. The molecule has 0 spiro atoms. The first-order chi connectivity index (χ1) is 24.5. The van der Waals surface area contributed by atoms with E-state index in [1.165, 1.54) is 12.1 Å². The molecular weight excluding hydrogens is 713 g/mol. The van der Waals surface area contributed by atoms with Gasteiger partial charge in [-0.05, 0) is 109 Å². The number of nitrogens with zero attached hydrogens (tertiary/aromatic N) is 2. The summed E-state index contributed by atoms with van der Waals surface area (Å²) < 4.78 is 20.2. The molecule has 2 heterocycles. The number of hydrogen-bond donors (Lipinski definition) is 2. The van der Waals surface area contributed by atoms with Gasteiger partial charge in [0.2, 0.25) is 0 Å². The topological polar surface area (TPSA) is 99.2 Å². The summed E-state index contributed by atoms with van der Waals surface area (Å²) in [6, 6.07) is 20.3. The van der Waals surface area contributed by atoms with Crippen molar-refractivity contribution in [3.8, 4) is 5.75 Å². The third-order valence-corrected chi connectivity index (χ3v) is 11.4. The SMILES string of the molecule is Cc1ccccc1CN(C(=O)C1=C(c2ccc(CCCOc3cc(F)ccc3Br)cc2)C[C@@H]2CN(C(CC=O)C(C)(C)C(=O)O)C[C@H]1N2)C1CC1. The largest absolute Gasteiger partial charge is 0.492 e. The van der Waals surface area contributed by atoms with E-state index in [9.17, 15) is 23.9 Å². The summed E-state index contributed by atoms with van der Waals surface area (Å²) in [5.74, 6) is -0.790. The number of aldehydes is 1. The first-order valence-electron chi connectivity index (χ1n) is 17.9. The van der Waals surface area contributed by atoms with E-state index in [1.807, 2.05) is 17.0 Å². The Morgan fingerprint density at radius 1 is 1.12 bits per heavy atom. The minimum atomic E-state index is -1.15. The number of piperazine rings is 1. The van der Waals surface area contributed by atoms with Gasteiger partial charge in [0.1, 0.15) is 17.9 Å². The van der Waals surface area contributed by atoms with Crippen LogP contribution >= 0.6 is 15.9 Å². The fourth-order valence-electron chi connectivity index (χ4n) is 7.58. The van der Waals surface area contributed by atoms with Crippen molar-refractivity contribution < 1.29 is 28.6 Å². The molecule has 3 atom stereocenters. The first-order valence-corrected chi connectivity index (χ1v) is 18.7. The number of carboxylic acids is 1. The molecule has 2 aliphatic heterocycles. The van der Waals surface area contributed by atoms with Crippen molar-refractivity contribution in [3.05, 3.63) is 105 Å². The Morgan fingerprint density at radius 3 is 2.55 bits per heavy atom. The highest BCUT2D eigenvalue weighted by Gasteiger charge is 2.47. The number of rotatable bonds is 15. The Balaban J connectivity index is 1.28. The molecule has 1 unspecified atom stereocenters. The molecular formula is C41H47BrFN3O5. The number of fused-ring (bicyclic) bond motifs is 2. The molecule has 3 aromatic rings. The van der Waals surface area contributed by atoms with Crippen molar-refractivity contribution in [2.75, 3.05) is 19.7 Å². The van der Waals surface area contributed by atoms with Crippen molar-refractivity contribution in [1.29, 1.82) is 0 Å². The number of carbonyl (C=O) groups excluding carboxylic acids is 2. The van der Waals surface area contributed by atoms with Gasteiger partial charge in [0.05, 0.1) is 22.5 Å². The number of hydrogen-bond acceptors (Lipinski definition) is 6.